The van der Waals surface area contributed by atoms with Crippen LogP contribution < -0.4 is 0 Å². The highest BCUT2D eigenvalue weighted by molar-refractivity contribution is 5.20. The van der Waals surface area contributed by atoms with Crippen LogP contribution in [0.15, 0.2) is 224 Å². The zero-order valence-electron chi connectivity index (χ0n) is 39.8. The highest BCUT2D eigenvalue weighted by Gasteiger charge is 2.52. The van der Waals surface area contributed by atoms with Gasteiger partial charge in [-0.2, -0.15) is 0 Å². The molecule has 0 bridgehead atoms. The van der Waals surface area contributed by atoms with Gasteiger partial charge in [-0.05, 0) is 38.9 Å². The zero-order valence-corrected chi connectivity index (χ0v) is 39.8. The molecule has 2 heterocycles. The van der Waals surface area contributed by atoms with Crippen molar-refractivity contribution >= 4 is 0 Å². The molecule has 7 aromatic rings. The molecule has 366 valence electrons. The van der Waals surface area contributed by atoms with Crippen molar-refractivity contribution in [1.29, 1.82) is 0 Å². The Morgan fingerprint density at radius 1 is 0.324 bits per heavy atom. The van der Waals surface area contributed by atoms with Crippen LogP contribution in [0.5, 0.6) is 0 Å². The van der Waals surface area contributed by atoms with Crippen LogP contribution in [0, 0.1) is 0 Å². The summed E-state index contributed by atoms with van der Waals surface area (Å²) in [5.41, 5.74) is 7.01. The van der Waals surface area contributed by atoms with Gasteiger partial charge in [-0.15, -0.1) is 0 Å². The third kappa shape index (κ3) is 14.8. The standard InChI is InChI=1S/C61H62O10/c1-8-22-46(23-9-1)36-62-43-53-58(56(66-39-49-28-14-4-15-29-49)54(45-65-53)64-38-48-26-12-3-13-27-48)71-61-60(69-42-52-34-20-7-21-35-52)59(68-41-51-32-18-6-19-33-51)57(67-40-50-30-16-5-17-31-50)55(70-61)44-63-37-47-24-10-2-11-25-47/h1-35,45,53,55-61H,36-44H2/t53-,55-,56-,57+,58-,59+,60-,61+/m1/s1. The molecule has 10 nitrogen and oxygen atoms in total. The molecule has 71 heavy (non-hydrogen) atoms. The van der Waals surface area contributed by atoms with E-state index in [0.717, 1.165) is 38.9 Å². The summed E-state index contributed by atoms with van der Waals surface area (Å²) in [5, 5.41) is 0. The lowest BCUT2D eigenvalue weighted by atomic mass is 9.97. The monoisotopic (exact) mass is 954 g/mol. The van der Waals surface area contributed by atoms with Gasteiger partial charge in [0.15, 0.2) is 18.2 Å². The third-order valence-electron chi connectivity index (χ3n) is 12.4. The highest BCUT2D eigenvalue weighted by Crippen LogP contribution is 2.36. The Morgan fingerprint density at radius 3 is 1.11 bits per heavy atom. The van der Waals surface area contributed by atoms with Crippen LogP contribution in [0.1, 0.15) is 38.9 Å². The molecule has 10 heteroatoms. The molecule has 9 rings (SSSR count). The van der Waals surface area contributed by atoms with Gasteiger partial charge in [-0.25, -0.2) is 0 Å². The lowest BCUT2D eigenvalue weighted by molar-refractivity contribution is -0.348. The number of rotatable bonds is 25. The van der Waals surface area contributed by atoms with E-state index in [1.54, 1.807) is 6.26 Å². The molecular weight excluding hydrogens is 893 g/mol. The van der Waals surface area contributed by atoms with Gasteiger partial charge in [0.25, 0.3) is 0 Å². The minimum absolute atomic E-state index is 0.162. The van der Waals surface area contributed by atoms with Crippen molar-refractivity contribution in [1.82, 2.24) is 0 Å². The Kier molecular flexibility index (Phi) is 18.6. The average molecular weight is 955 g/mol. The maximum Gasteiger partial charge on any atom is 0.187 e. The summed E-state index contributed by atoms with van der Waals surface area (Å²) in [7, 11) is 0. The summed E-state index contributed by atoms with van der Waals surface area (Å²) in [6.45, 7) is 2.41. The van der Waals surface area contributed by atoms with E-state index < -0.39 is 49.0 Å². The topological polar surface area (TPSA) is 92.3 Å². The average Bonchev–Trinajstić information content (AvgIpc) is 3.43. The SMILES string of the molecule is C1=C(OCc2ccccc2)[C@@H](OCc2ccccc2)[C@H](O[C@@H]2O[C@H](COCc3ccccc3)[C@H](OCc3ccccc3)[C@H](OCc3ccccc3)[C@H]2OCc2ccccc2)[C@@H](COCc2ccccc2)O1. The number of ether oxygens (including phenoxy) is 10. The maximum absolute atomic E-state index is 7.43. The second kappa shape index (κ2) is 26.7. The summed E-state index contributed by atoms with van der Waals surface area (Å²) < 4.78 is 68.8. The van der Waals surface area contributed by atoms with Crippen molar-refractivity contribution in [3.63, 3.8) is 0 Å². The van der Waals surface area contributed by atoms with E-state index in [1.165, 1.54) is 0 Å². The van der Waals surface area contributed by atoms with E-state index in [4.69, 9.17) is 47.4 Å². The Balaban J connectivity index is 1.09. The van der Waals surface area contributed by atoms with Gasteiger partial charge in [-0.3, -0.25) is 0 Å². The van der Waals surface area contributed by atoms with Crippen LogP contribution >= 0.6 is 0 Å². The van der Waals surface area contributed by atoms with Crippen molar-refractivity contribution in [2.45, 2.75) is 95.3 Å². The first-order valence-corrected chi connectivity index (χ1v) is 24.4. The molecule has 1 fully saturated rings. The summed E-state index contributed by atoms with van der Waals surface area (Å²) >= 11 is 0. The number of hydrogen-bond donors (Lipinski definition) is 0. The molecule has 0 N–H and O–H groups in total. The fraction of sp³-hybridized carbons (Fsp3) is 0.279. The lowest BCUT2D eigenvalue weighted by Gasteiger charge is -2.48. The molecule has 1 saturated heterocycles. The van der Waals surface area contributed by atoms with Gasteiger partial charge in [0.2, 0.25) is 0 Å². The predicted molar refractivity (Wildman–Crippen MR) is 270 cm³/mol. The molecule has 7 aromatic carbocycles. The van der Waals surface area contributed by atoms with Crippen LogP contribution in [0.4, 0.5) is 0 Å². The van der Waals surface area contributed by atoms with Gasteiger partial charge in [-0.1, -0.05) is 212 Å². The van der Waals surface area contributed by atoms with Crippen LogP contribution in [0.2, 0.25) is 0 Å². The summed E-state index contributed by atoms with van der Waals surface area (Å²) in [5.74, 6) is 0.468. The van der Waals surface area contributed by atoms with Crippen molar-refractivity contribution in [2.24, 2.45) is 0 Å². The fourth-order valence-electron chi connectivity index (χ4n) is 8.62. The molecule has 0 saturated carbocycles. The first kappa shape index (κ1) is 49.5. The van der Waals surface area contributed by atoms with Gasteiger partial charge in [0.05, 0.1) is 52.9 Å². The molecule has 0 amide bonds. The van der Waals surface area contributed by atoms with E-state index in [1.807, 2.05) is 212 Å². The molecule has 0 spiro atoms. The third-order valence-corrected chi connectivity index (χ3v) is 12.4. The Morgan fingerprint density at radius 2 is 0.676 bits per heavy atom. The quantitative estimate of drug-likeness (QED) is 0.0551. The van der Waals surface area contributed by atoms with Gasteiger partial charge in [0, 0.05) is 0 Å². The highest BCUT2D eigenvalue weighted by atomic mass is 16.7. The van der Waals surface area contributed by atoms with E-state index in [2.05, 4.69) is 0 Å². The van der Waals surface area contributed by atoms with E-state index in [0.29, 0.717) is 25.6 Å². The number of hydrogen-bond acceptors (Lipinski definition) is 10. The fourth-order valence-corrected chi connectivity index (χ4v) is 8.62. The minimum Gasteiger partial charge on any atom is -0.489 e. The molecule has 2 aliphatic rings. The molecule has 0 aromatic heterocycles. The van der Waals surface area contributed by atoms with Gasteiger partial charge in [0.1, 0.15) is 49.5 Å². The van der Waals surface area contributed by atoms with E-state index >= 15 is 0 Å². The predicted octanol–water partition coefficient (Wildman–Crippen LogP) is 11.3. The van der Waals surface area contributed by atoms with Crippen molar-refractivity contribution in [2.75, 3.05) is 13.2 Å². The summed E-state index contributed by atoms with van der Waals surface area (Å²) in [6.07, 6.45) is -4.65. The zero-order chi connectivity index (χ0) is 48.1. The smallest absolute Gasteiger partial charge is 0.187 e. The van der Waals surface area contributed by atoms with Crippen LogP contribution in [0.25, 0.3) is 0 Å². The summed E-state index contributed by atoms with van der Waals surface area (Å²) in [4.78, 5) is 0. The van der Waals surface area contributed by atoms with Crippen LogP contribution in [-0.2, 0) is 93.6 Å². The Hall–Kier alpha value is -6.44. The van der Waals surface area contributed by atoms with Gasteiger partial charge >= 0.3 is 0 Å². The van der Waals surface area contributed by atoms with Crippen molar-refractivity contribution < 1.29 is 47.4 Å². The first-order chi connectivity index (χ1) is 35.2. The molecule has 0 unspecified atom stereocenters. The van der Waals surface area contributed by atoms with Crippen LogP contribution in [-0.4, -0.2) is 62.2 Å². The largest absolute Gasteiger partial charge is 0.489 e. The molecule has 2 aliphatic heterocycles. The second-order valence-corrected chi connectivity index (χ2v) is 17.6. The number of benzene rings is 7. The van der Waals surface area contributed by atoms with Crippen LogP contribution in [0.3, 0.4) is 0 Å². The maximum atomic E-state index is 7.43. The van der Waals surface area contributed by atoms with Gasteiger partial charge < -0.3 is 47.4 Å². The molecule has 8 atom stereocenters. The van der Waals surface area contributed by atoms with E-state index in [9.17, 15) is 0 Å². The van der Waals surface area contributed by atoms with E-state index in [-0.39, 0.29) is 39.6 Å². The molecule has 0 radical (unpaired) electrons. The summed E-state index contributed by atoms with van der Waals surface area (Å²) in [6, 6.07) is 70.4. The minimum atomic E-state index is -1.07. The Labute approximate surface area is 417 Å². The van der Waals surface area contributed by atoms with Crippen molar-refractivity contribution in [3.05, 3.63) is 263 Å². The lowest BCUT2D eigenvalue weighted by Crippen LogP contribution is -2.63. The second-order valence-electron chi connectivity index (χ2n) is 17.6. The Bertz CT molecular complexity index is 2570. The van der Waals surface area contributed by atoms with Crippen molar-refractivity contribution in [3.8, 4) is 0 Å². The first-order valence-electron chi connectivity index (χ1n) is 24.4. The normalized spacial score (nSPS) is 22.0. The molecule has 0 aliphatic carbocycles. The molecular formula is C61H62O10.